The van der Waals surface area contributed by atoms with Gasteiger partial charge in [-0.1, -0.05) is 41.9 Å². The van der Waals surface area contributed by atoms with E-state index < -0.39 is 22.7 Å². The first-order valence-electron chi connectivity index (χ1n) is 6.54. The SMILES string of the molecule is CC(C)(C)OC(=O)C(Cc1ccccc1)CC(N)(O)Cl. The molecule has 0 saturated heterocycles. The summed E-state index contributed by atoms with van der Waals surface area (Å²) < 4.78 is 5.35. The van der Waals surface area contributed by atoms with Crippen LogP contribution in [0.4, 0.5) is 0 Å². The lowest BCUT2D eigenvalue weighted by Gasteiger charge is -2.26. The van der Waals surface area contributed by atoms with Crippen LogP contribution in [-0.2, 0) is 16.0 Å². The number of hydrogen-bond acceptors (Lipinski definition) is 4. The quantitative estimate of drug-likeness (QED) is 0.379. The summed E-state index contributed by atoms with van der Waals surface area (Å²) >= 11 is 5.63. The number of ether oxygens (including phenoxy) is 1. The molecule has 4 nitrogen and oxygen atoms in total. The third-order valence-electron chi connectivity index (χ3n) is 2.60. The molecule has 0 saturated carbocycles. The average molecular weight is 300 g/mol. The minimum absolute atomic E-state index is 0.0711. The number of hydrogen-bond donors (Lipinski definition) is 2. The monoisotopic (exact) mass is 299 g/mol. The lowest BCUT2D eigenvalue weighted by molar-refractivity contribution is -0.161. The van der Waals surface area contributed by atoms with Gasteiger partial charge >= 0.3 is 5.97 Å². The maximum atomic E-state index is 12.2. The van der Waals surface area contributed by atoms with Crippen molar-refractivity contribution in [1.29, 1.82) is 0 Å². The van der Waals surface area contributed by atoms with Crippen molar-refractivity contribution in [3.05, 3.63) is 35.9 Å². The van der Waals surface area contributed by atoms with Crippen LogP contribution in [0.1, 0.15) is 32.8 Å². The molecule has 3 N–H and O–H groups in total. The summed E-state index contributed by atoms with van der Waals surface area (Å²) in [6.07, 6.45) is 0.348. The molecule has 0 aliphatic carbocycles. The molecule has 1 rings (SSSR count). The van der Waals surface area contributed by atoms with Crippen LogP contribution in [0.5, 0.6) is 0 Å². The van der Waals surface area contributed by atoms with E-state index in [0.717, 1.165) is 5.56 Å². The minimum atomic E-state index is -1.92. The molecule has 0 bridgehead atoms. The van der Waals surface area contributed by atoms with Crippen molar-refractivity contribution in [3.63, 3.8) is 0 Å². The van der Waals surface area contributed by atoms with Gasteiger partial charge in [0.25, 0.3) is 0 Å². The zero-order chi connectivity index (χ0) is 15.4. The zero-order valence-corrected chi connectivity index (χ0v) is 12.9. The first-order chi connectivity index (χ1) is 9.07. The van der Waals surface area contributed by atoms with E-state index in [-0.39, 0.29) is 6.42 Å². The highest BCUT2D eigenvalue weighted by molar-refractivity contribution is 6.22. The summed E-state index contributed by atoms with van der Waals surface area (Å²) in [5.41, 5.74) is 5.77. The lowest BCUT2D eigenvalue weighted by Crippen LogP contribution is -2.39. The van der Waals surface area contributed by atoms with E-state index in [2.05, 4.69) is 0 Å². The van der Waals surface area contributed by atoms with Crippen LogP contribution >= 0.6 is 11.6 Å². The molecule has 1 aromatic rings. The molecule has 0 spiro atoms. The van der Waals surface area contributed by atoms with Crippen molar-refractivity contribution in [2.45, 2.75) is 44.4 Å². The van der Waals surface area contributed by atoms with Crippen LogP contribution in [0.2, 0.25) is 0 Å². The molecule has 112 valence electrons. The number of rotatable bonds is 5. The van der Waals surface area contributed by atoms with E-state index in [1.54, 1.807) is 20.8 Å². The largest absolute Gasteiger partial charge is 0.460 e. The normalized spacial score (nSPS) is 16.3. The van der Waals surface area contributed by atoms with Crippen LogP contribution in [-0.4, -0.2) is 21.9 Å². The maximum Gasteiger partial charge on any atom is 0.310 e. The topological polar surface area (TPSA) is 72.5 Å². The number of carbonyl (C=O) groups is 1. The van der Waals surface area contributed by atoms with Gasteiger partial charge in [0.2, 0.25) is 0 Å². The van der Waals surface area contributed by atoms with Crippen LogP contribution in [0.25, 0.3) is 0 Å². The Morgan fingerprint density at radius 2 is 1.90 bits per heavy atom. The second-order valence-corrected chi connectivity index (χ2v) is 6.60. The number of aliphatic hydroxyl groups is 1. The summed E-state index contributed by atoms with van der Waals surface area (Å²) in [5, 5.41) is 7.63. The summed E-state index contributed by atoms with van der Waals surface area (Å²) in [4.78, 5) is 12.2. The molecular weight excluding hydrogens is 278 g/mol. The fourth-order valence-electron chi connectivity index (χ4n) is 1.87. The Bertz CT molecular complexity index is 435. The van der Waals surface area contributed by atoms with E-state index in [1.807, 2.05) is 30.3 Å². The minimum Gasteiger partial charge on any atom is -0.460 e. The van der Waals surface area contributed by atoms with E-state index >= 15 is 0 Å². The Morgan fingerprint density at radius 1 is 1.35 bits per heavy atom. The number of benzene rings is 1. The Labute approximate surface area is 124 Å². The van der Waals surface area contributed by atoms with Gasteiger partial charge in [0, 0.05) is 6.42 Å². The predicted octanol–water partition coefficient (Wildman–Crippen LogP) is 2.42. The van der Waals surface area contributed by atoms with Crippen LogP contribution in [0.3, 0.4) is 0 Å². The van der Waals surface area contributed by atoms with Gasteiger partial charge in [0.15, 0.2) is 5.18 Å². The lowest BCUT2D eigenvalue weighted by atomic mass is 9.95. The second-order valence-electron chi connectivity index (χ2n) is 5.94. The van der Waals surface area contributed by atoms with Crippen molar-refractivity contribution >= 4 is 17.6 Å². The van der Waals surface area contributed by atoms with Gasteiger partial charge in [-0.2, -0.15) is 0 Å². The Morgan fingerprint density at radius 3 is 2.35 bits per heavy atom. The van der Waals surface area contributed by atoms with Crippen molar-refractivity contribution in [3.8, 4) is 0 Å². The van der Waals surface area contributed by atoms with E-state index in [1.165, 1.54) is 0 Å². The van der Waals surface area contributed by atoms with Gasteiger partial charge in [-0.05, 0) is 32.8 Å². The standard InChI is InChI=1S/C15H22ClNO3/c1-14(2,3)20-13(18)12(10-15(16,17)19)9-11-7-5-4-6-8-11/h4-8,12,19H,9-10,17H2,1-3H3. The molecule has 5 heteroatoms. The number of esters is 1. The third kappa shape index (κ3) is 6.89. The summed E-state index contributed by atoms with van der Waals surface area (Å²) in [6, 6.07) is 9.47. The van der Waals surface area contributed by atoms with Gasteiger partial charge in [-0.15, -0.1) is 0 Å². The fraction of sp³-hybridized carbons (Fsp3) is 0.533. The molecular formula is C15H22ClNO3. The second kappa shape index (κ2) is 6.57. The average Bonchev–Trinajstić information content (AvgIpc) is 2.25. The summed E-state index contributed by atoms with van der Waals surface area (Å²) in [5.74, 6) is -1.00. The molecule has 0 aliphatic heterocycles. The Hall–Kier alpha value is -1.10. The van der Waals surface area contributed by atoms with E-state index in [0.29, 0.717) is 6.42 Å². The van der Waals surface area contributed by atoms with Crippen molar-refractivity contribution in [2.75, 3.05) is 0 Å². The van der Waals surface area contributed by atoms with Crippen molar-refractivity contribution < 1.29 is 14.6 Å². The van der Waals surface area contributed by atoms with Gasteiger partial charge in [0.1, 0.15) is 5.60 Å². The first-order valence-corrected chi connectivity index (χ1v) is 6.91. The first kappa shape index (κ1) is 17.0. The highest BCUT2D eigenvalue weighted by atomic mass is 35.5. The molecule has 0 aromatic heterocycles. The summed E-state index contributed by atoms with van der Waals surface area (Å²) in [7, 11) is 0. The van der Waals surface area contributed by atoms with Crippen LogP contribution < -0.4 is 5.73 Å². The Balaban J connectivity index is 2.83. The van der Waals surface area contributed by atoms with Crippen LogP contribution in [0.15, 0.2) is 30.3 Å². The Kier molecular flexibility index (Phi) is 5.57. The number of nitrogens with two attached hydrogens (primary N) is 1. The van der Waals surface area contributed by atoms with E-state index in [9.17, 15) is 9.90 Å². The van der Waals surface area contributed by atoms with Gasteiger partial charge < -0.3 is 9.84 Å². The fourth-order valence-corrected chi connectivity index (χ4v) is 2.05. The van der Waals surface area contributed by atoms with Crippen LogP contribution in [0, 0.1) is 5.92 Å². The number of halogens is 1. The third-order valence-corrected chi connectivity index (χ3v) is 2.75. The number of alkyl halides is 1. The molecule has 0 radical (unpaired) electrons. The highest BCUT2D eigenvalue weighted by Gasteiger charge is 2.31. The van der Waals surface area contributed by atoms with Gasteiger partial charge in [-0.25, -0.2) is 0 Å². The highest BCUT2D eigenvalue weighted by Crippen LogP contribution is 2.23. The smallest absolute Gasteiger partial charge is 0.310 e. The molecule has 2 atom stereocenters. The molecule has 0 heterocycles. The molecule has 1 aromatic carbocycles. The van der Waals surface area contributed by atoms with Crippen molar-refractivity contribution in [2.24, 2.45) is 11.7 Å². The predicted molar refractivity (Wildman–Crippen MR) is 79.1 cm³/mol. The molecule has 0 aliphatic rings. The van der Waals surface area contributed by atoms with Gasteiger partial charge in [0.05, 0.1) is 5.92 Å². The van der Waals surface area contributed by atoms with Crippen molar-refractivity contribution in [1.82, 2.24) is 0 Å². The molecule has 0 amide bonds. The van der Waals surface area contributed by atoms with E-state index in [4.69, 9.17) is 22.1 Å². The summed E-state index contributed by atoms with van der Waals surface area (Å²) in [6.45, 7) is 5.37. The molecule has 0 fully saturated rings. The molecule has 20 heavy (non-hydrogen) atoms. The molecule has 2 unspecified atom stereocenters. The number of carbonyl (C=O) groups excluding carboxylic acids is 1. The zero-order valence-electron chi connectivity index (χ0n) is 12.1. The maximum absolute atomic E-state index is 12.2. The van der Waals surface area contributed by atoms with Gasteiger partial charge in [-0.3, -0.25) is 10.5 Å².